The van der Waals surface area contributed by atoms with Crippen LogP contribution in [0.1, 0.15) is 52.4 Å². The molecule has 2 atom stereocenters. The van der Waals surface area contributed by atoms with E-state index < -0.39 is 11.9 Å². The lowest BCUT2D eigenvalue weighted by Crippen LogP contribution is -2.41. The van der Waals surface area contributed by atoms with E-state index in [1.807, 2.05) is 4.90 Å². The SMILES string of the molecule is CC(C)CCN(C(=O)[C@@H]1C[C@@H]1C(=O)O)C1CCCC1. The number of amides is 1. The van der Waals surface area contributed by atoms with Gasteiger partial charge in [-0.25, -0.2) is 0 Å². The second-order valence-electron chi connectivity index (χ2n) is 6.44. The van der Waals surface area contributed by atoms with Crippen molar-refractivity contribution in [3.05, 3.63) is 0 Å². The number of hydrogen-bond donors (Lipinski definition) is 1. The van der Waals surface area contributed by atoms with Crippen molar-refractivity contribution in [2.45, 2.75) is 58.4 Å². The molecule has 0 unspecified atom stereocenters. The summed E-state index contributed by atoms with van der Waals surface area (Å²) in [6, 6.07) is 0.362. The van der Waals surface area contributed by atoms with Gasteiger partial charge in [-0.3, -0.25) is 9.59 Å². The summed E-state index contributed by atoms with van der Waals surface area (Å²) in [5.41, 5.74) is 0. The molecular formula is C15H25NO3. The Hall–Kier alpha value is -1.06. The molecule has 0 aliphatic heterocycles. The quantitative estimate of drug-likeness (QED) is 0.804. The van der Waals surface area contributed by atoms with Crippen LogP contribution in [0.2, 0.25) is 0 Å². The molecule has 2 fully saturated rings. The van der Waals surface area contributed by atoms with Crippen LogP contribution in [-0.4, -0.2) is 34.5 Å². The summed E-state index contributed by atoms with van der Waals surface area (Å²) in [5, 5.41) is 8.97. The van der Waals surface area contributed by atoms with Gasteiger partial charge < -0.3 is 10.0 Å². The topological polar surface area (TPSA) is 57.6 Å². The van der Waals surface area contributed by atoms with Gasteiger partial charge in [-0.2, -0.15) is 0 Å². The molecule has 0 bridgehead atoms. The van der Waals surface area contributed by atoms with E-state index in [4.69, 9.17) is 5.11 Å². The number of carbonyl (C=O) groups excluding carboxylic acids is 1. The second-order valence-corrected chi connectivity index (χ2v) is 6.44. The molecule has 4 nitrogen and oxygen atoms in total. The van der Waals surface area contributed by atoms with Gasteiger partial charge in [0.25, 0.3) is 0 Å². The minimum Gasteiger partial charge on any atom is -0.481 e. The van der Waals surface area contributed by atoms with Crippen molar-refractivity contribution >= 4 is 11.9 Å². The van der Waals surface area contributed by atoms with Gasteiger partial charge in [0.05, 0.1) is 11.8 Å². The highest BCUT2D eigenvalue weighted by Gasteiger charge is 2.50. The number of nitrogens with zero attached hydrogens (tertiary/aromatic N) is 1. The smallest absolute Gasteiger partial charge is 0.307 e. The molecule has 0 saturated heterocycles. The van der Waals surface area contributed by atoms with Gasteiger partial charge in [-0.15, -0.1) is 0 Å². The lowest BCUT2D eigenvalue weighted by Gasteiger charge is -2.30. The molecule has 0 aromatic carbocycles. The Balaban J connectivity index is 1.96. The Kier molecular flexibility index (Phi) is 4.48. The highest BCUT2D eigenvalue weighted by atomic mass is 16.4. The Morgan fingerprint density at radius 3 is 2.32 bits per heavy atom. The van der Waals surface area contributed by atoms with E-state index in [0.29, 0.717) is 18.4 Å². The summed E-state index contributed by atoms with van der Waals surface area (Å²) in [7, 11) is 0. The lowest BCUT2D eigenvalue weighted by molar-refractivity contribution is -0.142. The van der Waals surface area contributed by atoms with Crippen LogP contribution in [0.15, 0.2) is 0 Å². The van der Waals surface area contributed by atoms with Crippen molar-refractivity contribution in [2.24, 2.45) is 17.8 Å². The zero-order valence-electron chi connectivity index (χ0n) is 12.0. The largest absolute Gasteiger partial charge is 0.481 e. The maximum atomic E-state index is 12.5. The average molecular weight is 267 g/mol. The van der Waals surface area contributed by atoms with E-state index in [0.717, 1.165) is 25.8 Å². The average Bonchev–Trinajstić information content (AvgIpc) is 2.98. The van der Waals surface area contributed by atoms with Gasteiger partial charge in [-0.1, -0.05) is 26.7 Å². The van der Waals surface area contributed by atoms with Crippen molar-refractivity contribution in [1.82, 2.24) is 4.90 Å². The predicted molar refractivity (Wildman–Crippen MR) is 72.7 cm³/mol. The highest BCUT2D eigenvalue weighted by Crippen LogP contribution is 2.41. The van der Waals surface area contributed by atoms with Crippen LogP contribution in [0, 0.1) is 17.8 Å². The Morgan fingerprint density at radius 2 is 1.84 bits per heavy atom. The van der Waals surface area contributed by atoms with Crippen molar-refractivity contribution in [2.75, 3.05) is 6.54 Å². The molecule has 0 radical (unpaired) electrons. The third-order valence-corrected chi connectivity index (χ3v) is 4.42. The molecule has 0 aromatic rings. The first-order chi connectivity index (χ1) is 9.00. The molecule has 2 rings (SSSR count). The van der Waals surface area contributed by atoms with E-state index in [2.05, 4.69) is 13.8 Å². The zero-order chi connectivity index (χ0) is 14.0. The Bertz CT molecular complexity index is 347. The summed E-state index contributed by atoms with van der Waals surface area (Å²) in [6.45, 7) is 5.12. The molecule has 19 heavy (non-hydrogen) atoms. The molecule has 1 N–H and O–H groups in total. The minimum absolute atomic E-state index is 0.0972. The first-order valence-corrected chi connectivity index (χ1v) is 7.54. The number of carbonyl (C=O) groups is 2. The summed E-state index contributed by atoms with van der Waals surface area (Å²) >= 11 is 0. The third kappa shape index (κ3) is 3.48. The van der Waals surface area contributed by atoms with Crippen LogP contribution in [0.25, 0.3) is 0 Å². The fourth-order valence-electron chi connectivity index (χ4n) is 3.04. The highest BCUT2D eigenvalue weighted by molar-refractivity contribution is 5.89. The van der Waals surface area contributed by atoms with Crippen LogP contribution in [0.3, 0.4) is 0 Å². The summed E-state index contributed by atoms with van der Waals surface area (Å²) in [4.78, 5) is 25.4. The van der Waals surface area contributed by atoms with E-state index in [1.54, 1.807) is 0 Å². The fraction of sp³-hybridized carbons (Fsp3) is 0.867. The normalized spacial score (nSPS) is 26.7. The van der Waals surface area contributed by atoms with Gasteiger partial charge in [0.2, 0.25) is 5.91 Å². The molecule has 0 aromatic heterocycles. The maximum Gasteiger partial charge on any atom is 0.307 e. The molecule has 2 saturated carbocycles. The van der Waals surface area contributed by atoms with Crippen LogP contribution < -0.4 is 0 Å². The maximum absolute atomic E-state index is 12.5. The third-order valence-electron chi connectivity index (χ3n) is 4.42. The molecular weight excluding hydrogens is 242 g/mol. The number of rotatable bonds is 6. The summed E-state index contributed by atoms with van der Waals surface area (Å²) in [5.74, 6) is -0.805. The minimum atomic E-state index is -0.811. The van der Waals surface area contributed by atoms with Crippen molar-refractivity contribution in [3.8, 4) is 0 Å². The molecule has 4 heteroatoms. The molecule has 0 heterocycles. The van der Waals surface area contributed by atoms with Gasteiger partial charge in [-0.05, 0) is 31.6 Å². The second kappa shape index (κ2) is 5.93. The van der Waals surface area contributed by atoms with Crippen LogP contribution in [0.4, 0.5) is 0 Å². The Labute approximate surface area is 115 Å². The predicted octanol–water partition coefficient (Wildman–Crippen LogP) is 2.52. The van der Waals surface area contributed by atoms with Gasteiger partial charge in [0.15, 0.2) is 0 Å². The lowest BCUT2D eigenvalue weighted by atomic mass is 10.1. The number of aliphatic carboxylic acids is 1. The number of hydrogen-bond acceptors (Lipinski definition) is 2. The number of carboxylic acids is 1. The van der Waals surface area contributed by atoms with Crippen LogP contribution >= 0.6 is 0 Å². The van der Waals surface area contributed by atoms with E-state index in [1.165, 1.54) is 12.8 Å². The number of carboxylic acid groups (broad SMARTS) is 1. The van der Waals surface area contributed by atoms with Crippen molar-refractivity contribution in [1.29, 1.82) is 0 Å². The summed E-state index contributed by atoms with van der Waals surface area (Å²) in [6.07, 6.45) is 6.13. The van der Waals surface area contributed by atoms with Crippen LogP contribution in [-0.2, 0) is 9.59 Å². The molecule has 1 amide bonds. The molecule has 2 aliphatic carbocycles. The zero-order valence-corrected chi connectivity index (χ0v) is 12.0. The monoisotopic (exact) mass is 267 g/mol. The van der Waals surface area contributed by atoms with Crippen molar-refractivity contribution < 1.29 is 14.7 Å². The summed E-state index contributed by atoms with van der Waals surface area (Å²) < 4.78 is 0. The van der Waals surface area contributed by atoms with E-state index in [-0.39, 0.29) is 11.8 Å². The van der Waals surface area contributed by atoms with Gasteiger partial charge in [0.1, 0.15) is 0 Å². The molecule has 108 valence electrons. The molecule has 2 aliphatic rings. The van der Waals surface area contributed by atoms with E-state index in [9.17, 15) is 9.59 Å². The van der Waals surface area contributed by atoms with E-state index >= 15 is 0 Å². The first kappa shape index (κ1) is 14.4. The van der Waals surface area contributed by atoms with Gasteiger partial charge >= 0.3 is 5.97 Å². The molecule has 0 spiro atoms. The van der Waals surface area contributed by atoms with Crippen molar-refractivity contribution in [3.63, 3.8) is 0 Å². The van der Waals surface area contributed by atoms with Crippen LogP contribution in [0.5, 0.6) is 0 Å². The first-order valence-electron chi connectivity index (χ1n) is 7.54. The standard InChI is InChI=1S/C15H25NO3/c1-10(2)7-8-16(11-5-3-4-6-11)14(17)12-9-13(12)15(18)19/h10-13H,3-9H2,1-2H3,(H,18,19)/t12-,13+/m1/s1. The van der Waals surface area contributed by atoms with Gasteiger partial charge in [0, 0.05) is 12.6 Å². The fourth-order valence-corrected chi connectivity index (χ4v) is 3.04. The Morgan fingerprint density at radius 1 is 1.21 bits per heavy atom.